The fourth-order valence-corrected chi connectivity index (χ4v) is 6.82. The van der Waals surface area contributed by atoms with Crippen LogP contribution in [-0.2, 0) is 11.0 Å². The van der Waals surface area contributed by atoms with Crippen LogP contribution in [0.2, 0.25) is 5.02 Å². The van der Waals surface area contributed by atoms with E-state index < -0.39 is 35.8 Å². The number of hydrogen-bond acceptors (Lipinski definition) is 7. The molecule has 254 valence electrons. The molecule has 48 heavy (non-hydrogen) atoms. The van der Waals surface area contributed by atoms with Crippen LogP contribution in [0.25, 0.3) is 11.3 Å². The van der Waals surface area contributed by atoms with E-state index in [1.807, 2.05) is 18.7 Å². The van der Waals surface area contributed by atoms with E-state index >= 15 is 0 Å². The molecule has 15 heteroatoms. The molecule has 1 N–H and O–H groups in total. The normalized spacial score (nSPS) is 21.2. The van der Waals surface area contributed by atoms with Crippen molar-refractivity contribution in [3.8, 4) is 17.1 Å². The molecule has 2 aromatic heterocycles. The third-order valence-electron chi connectivity index (χ3n) is 9.00. The Bertz CT molecular complexity index is 1740. The molecule has 5 heterocycles. The number of benzene rings is 1. The van der Waals surface area contributed by atoms with Crippen molar-refractivity contribution in [3.63, 3.8) is 0 Å². The molecule has 0 spiro atoms. The monoisotopic (exact) mass is 685 g/mol. The van der Waals surface area contributed by atoms with Crippen molar-refractivity contribution < 1.29 is 32.3 Å². The summed E-state index contributed by atoms with van der Waals surface area (Å²) in [5.74, 6) is -0.190. The van der Waals surface area contributed by atoms with Crippen molar-refractivity contribution >= 4 is 40.8 Å². The number of piperazine rings is 1. The molecule has 0 saturated carbocycles. The lowest BCUT2D eigenvalue weighted by Crippen LogP contribution is -2.58. The van der Waals surface area contributed by atoms with Crippen molar-refractivity contribution in [1.29, 1.82) is 0 Å². The van der Waals surface area contributed by atoms with Crippen molar-refractivity contribution in [2.75, 3.05) is 49.6 Å². The molecule has 3 aliphatic heterocycles. The van der Waals surface area contributed by atoms with Gasteiger partial charge in [0, 0.05) is 56.9 Å². The van der Waals surface area contributed by atoms with Gasteiger partial charge in [-0.05, 0) is 55.8 Å². The van der Waals surface area contributed by atoms with E-state index in [9.17, 15) is 27.6 Å². The lowest BCUT2D eigenvalue weighted by molar-refractivity contribution is -0.137. The summed E-state index contributed by atoms with van der Waals surface area (Å²) in [6.45, 7) is 5.00. The highest BCUT2D eigenvalue weighted by atomic mass is 35.5. The second-order valence-corrected chi connectivity index (χ2v) is 12.5. The zero-order chi connectivity index (χ0) is 34.3. The van der Waals surface area contributed by atoms with Crippen LogP contribution in [0, 0.1) is 0 Å². The number of alkyl halides is 3. The van der Waals surface area contributed by atoms with Crippen molar-refractivity contribution in [2.45, 2.75) is 51.0 Å². The van der Waals surface area contributed by atoms with E-state index in [-0.39, 0.29) is 54.4 Å². The van der Waals surface area contributed by atoms with Gasteiger partial charge in [-0.2, -0.15) is 13.2 Å². The van der Waals surface area contributed by atoms with Crippen LogP contribution in [0.1, 0.15) is 42.7 Å². The van der Waals surface area contributed by atoms with Crippen LogP contribution in [0.15, 0.2) is 48.7 Å². The van der Waals surface area contributed by atoms with Crippen LogP contribution in [0.4, 0.5) is 29.3 Å². The molecule has 0 radical (unpaired) electrons. The smallest absolute Gasteiger partial charge is 0.418 e. The van der Waals surface area contributed by atoms with Gasteiger partial charge in [-0.3, -0.25) is 14.5 Å². The second-order valence-electron chi connectivity index (χ2n) is 12.1. The molecule has 3 aromatic rings. The number of hydrogen-bond donors (Lipinski definition) is 1. The highest BCUT2D eigenvalue weighted by Crippen LogP contribution is 2.41. The number of pyridine rings is 2. The van der Waals surface area contributed by atoms with Crippen LogP contribution in [0.3, 0.4) is 0 Å². The van der Waals surface area contributed by atoms with Gasteiger partial charge in [0.05, 0.1) is 46.9 Å². The summed E-state index contributed by atoms with van der Waals surface area (Å²) in [6.07, 6.45) is -2.38. The topological polar surface area (TPSA) is 111 Å². The first-order chi connectivity index (χ1) is 22.9. The molecule has 3 saturated heterocycles. The van der Waals surface area contributed by atoms with Gasteiger partial charge in [0.2, 0.25) is 11.8 Å². The van der Waals surface area contributed by atoms with Gasteiger partial charge < -0.3 is 24.8 Å². The number of rotatable bonds is 8. The van der Waals surface area contributed by atoms with Gasteiger partial charge in [0.1, 0.15) is 0 Å². The van der Waals surface area contributed by atoms with Crippen LogP contribution < -0.4 is 19.9 Å². The molecule has 0 aliphatic carbocycles. The second kappa shape index (κ2) is 13.1. The third-order valence-corrected chi connectivity index (χ3v) is 9.23. The Hall–Kier alpha value is -4.59. The van der Waals surface area contributed by atoms with Gasteiger partial charge in [0.15, 0.2) is 5.69 Å². The predicted molar refractivity (Wildman–Crippen MR) is 173 cm³/mol. The summed E-state index contributed by atoms with van der Waals surface area (Å²) < 4.78 is 47.8. The Balaban J connectivity index is 1.36. The van der Waals surface area contributed by atoms with Crippen molar-refractivity contribution in [3.05, 3.63) is 64.9 Å². The van der Waals surface area contributed by atoms with E-state index in [0.29, 0.717) is 42.4 Å². The van der Waals surface area contributed by atoms with Gasteiger partial charge in [-0.1, -0.05) is 18.5 Å². The Kier molecular flexibility index (Phi) is 9.12. The fraction of sp³-hybridized carbons (Fsp3) is 0.424. The fourth-order valence-electron chi connectivity index (χ4n) is 6.65. The number of fused-ring (bicyclic) bond motifs is 1. The summed E-state index contributed by atoms with van der Waals surface area (Å²) >= 11 is 5.91. The first-order valence-electron chi connectivity index (χ1n) is 15.7. The number of nitrogens with one attached hydrogen (secondary N) is 1. The van der Waals surface area contributed by atoms with Crippen molar-refractivity contribution in [2.24, 2.45) is 0 Å². The maximum Gasteiger partial charge on any atom is 0.418 e. The number of aromatic nitrogens is 2. The molecule has 0 bridgehead atoms. The molecular weight excluding hydrogens is 651 g/mol. The minimum absolute atomic E-state index is 0.00738. The number of urea groups is 1. The summed E-state index contributed by atoms with van der Waals surface area (Å²) in [5, 5.41) is 2.89. The predicted octanol–water partition coefficient (Wildman–Crippen LogP) is 5.08. The molecule has 3 aliphatic rings. The standard InChI is InChI=1S/C33H35ClF3N7O4/c1-4-21-16-43-22(18-44(32(43)47)26-10-8-19(34)13-24(26)33(35,36)37)17-42(21)27-11-9-25(23-7-6-12-38-31(23)48-5-2)40-29(27)30(46)39-20-14-28(45)41(3)15-20/h6-13,20-22H,4-5,14-18H2,1-3H3,(H,39,46)/t20?,21-,22+/m1/s1. The Morgan fingerprint density at radius 3 is 2.50 bits per heavy atom. The summed E-state index contributed by atoms with van der Waals surface area (Å²) in [6, 6.07) is 8.82. The SMILES string of the molecule is CCOc1ncccc1-c1ccc(N2C[C@H]3CN(c4ccc(Cl)cc4C(F)(F)F)C(=O)N3C[C@H]2CC)c(C(=O)NC2CC(=O)N(C)C2)n1. The average molecular weight is 686 g/mol. The van der Waals surface area contributed by atoms with Crippen LogP contribution in [-0.4, -0.2) is 95.6 Å². The van der Waals surface area contributed by atoms with E-state index in [1.54, 1.807) is 47.3 Å². The molecule has 1 unspecified atom stereocenters. The summed E-state index contributed by atoms with van der Waals surface area (Å²) in [5.41, 5.74) is 0.435. The zero-order valence-electron chi connectivity index (χ0n) is 26.6. The van der Waals surface area contributed by atoms with Crippen molar-refractivity contribution in [1.82, 2.24) is 25.1 Å². The minimum atomic E-state index is -4.72. The van der Waals surface area contributed by atoms with Gasteiger partial charge in [0.25, 0.3) is 5.91 Å². The van der Waals surface area contributed by atoms with Crippen LogP contribution >= 0.6 is 11.6 Å². The molecule has 3 fully saturated rings. The third kappa shape index (κ3) is 6.32. The van der Waals surface area contributed by atoms with E-state index in [1.165, 1.54) is 12.1 Å². The number of likely N-dealkylation sites (N-methyl/N-ethyl adjacent to an activating group) is 1. The summed E-state index contributed by atoms with van der Waals surface area (Å²) in [4.78, 5) is 55.3. The molecular formula is C33H35ClF3N7O4. The maximum atomic E-state index is 14.0. The van der Waals surface area contributed by atoms with E-state index in [4.69, 9.17) is 21.3 Å². The number of carbonyl (C=O) groups excluding carboxylic acids is 3. The number of anilines is 2. The first-order valence-corrected chi connectivity index (χ1v) is 16.1. The van der Waals surface area contributed by atoms with E-state index in [2.05, 4.69) is 10.3 Å². The average Bonchev–Trinajstić information content (AvgIpc) is 3.55. The number of halogens is 4. The van der Waals surface area contributed by atoms with Gasteiger partial charge in [-0.15, -0.1) is 0 Å². The maximum absolute atomic E-state index is 14.0. The number of nitrogens with zero attached hydrogens (tertiary/aromatic N) is 6. The number of amides is 4. The highest BCUT2D eigenvalue weighted by molar-refractivity contribution is 6.30. The lowest BCUT2D eigenvalue weighted by Gasteiger charge is -2.44. The van der Waals surface area contributed by atoms with Crippen LogP contribution in [0.5, 0.6) is 5.88 Å². The highest BCUT2D eigenvalue weighted by Gasteiger charge is 2.47. The summed E-state index contributed by atoms with van der Waals surface area (Å²) in [7, 11) is 1.68. The Labute approximate surface area is 280 Å². The Morgan fingerprint density at radius 2 is 1.81 bits per heavy atom. The zero-order valence-corrected chi connectivity index (χ0v) is 27.4. The molecule has 1 aromatic carbocycles. The minimum Gasteiger partial charge on any atom is -0.477 e. The van der Waals surface area contributed by atoms with Gasteiger partial charge >= 0.3 is 12.2 Å². The largest absolute Gasteiger partial charge is 0.477 e. The molecule has 4 amide bonds. The number of ether oxygens (including phenoxy) is 1. The lowest BCUT2D eigenvalue weighted by atomic mass is 10.0. The van der Waals surface area contributed by atoms with Gasteiger partial charge in [-0.25, -0.2) is 14.8 Å². The quantitative estimate of drug-likeness (QED) is 0.352. The molecule has 3 atom stereocenters. The number of likely N-dealkylation sites (tertiary alicyclic amines) is 1. The Morgan fingerprint density at radius 1 is 1.04 bits per heavy atom. The number of carbonyl (C=O) groups is 3. The molecule has 11 nitrogen and oxygen atoms in total. The molecule has 6 rings (SSSR count). The first kappa shape index (κ1) is 33.3. The van der Waals surface area contributed by atoms with E-state index in [0.717, 1.165) is 11.0 Å².